The number of rotatable bonds is 6. The van der Waals surface area contributed by atoms with E-state index in [1.54, 1.807) is 24.3 Å². The van der Waals surface area contributed by atoms with Crippen molar-refractivity contribution in [2.24, 2.45) is 0 Å². The molecule has 2 aromatic rings. The van der Waals surface area contributed by atoms with E-state index in [-0.39, 0.29) is 12.7 Å². The highest BCUT2D eigenvalue weighted by atomic mass is 19.4. The minimum atomic E-state index is -4.69. The summed E-state index contributed by atoms with van der Waals surface area (Å²) in [4.78, 5) is 11.8. The van der Waals surface area contributed by atoms with Gasteiger partial charge in [-0.3, -0.25) is 0 Å². The van der Waals surface area contributed by atoms with Crippen molar-refractivity contribution in [1.29, 1.82) is 0 Å². The van der Waals surface area contributed by atoms with E-state index in [1.165, 1.54) is 4.90 Å². The van der Waals surface area contributed by atoms with Crippen LogP contribution in [-0.4, -0.2) is 28.2 Å². The van der Waals surface area contributed by atoms with E-state index >= 15 is 0 Å². The number of hydrogen-bond acceptors (Lipinski definition) is 6. The summed E-state index contributed by atoms with van der Waals surface area (Å²) in [6.45, 7) is 2.29. The predicted octanol–water partition coefficient (Wildman–Crippen LogP) is 2.73. The maximum absolute atomic E-state index is 12.8. The SMILES string of the molecule is CCCN(COc1ccccc1)c1nc(N)nc(C(F)(F)F)n1. The van der Waals surface area contributed by atoms with Crippen molar-refractivity contribution in [2.45, 2.75) is 19.5 Å². The summed E-state index contributed by atoms with van der Waals surface area (Å²) >= 11 is 0. The lowest BCUT2D eigenvalue weighted by atomic mass is 10.3. The smallest absolute Gasteiger partial charge is 0.451 e. The Balaban J connectivity index is 2.21. The fourth-order valence-electron chi connectivity index (χ4n) is 1.81. The largest absolute Gasteiger partial charge is 0.473 e. The first-order valence-electron chi connectivity index (χ1n) is 6.91. The predicted molar refractivity (Wildman–Crippen MR) is 78.8 cm³/mol. The third-order valence-electron chi connectivity index (χ3n) is 2.80. The van der Waals surface area contributed by atoms with Gasteiger partial charge in [0, 0.05) is 6.54 Å². The van der Waals surface area contributed by atoms with Crippen LogP contribution in [0.15, 0.2) is 30.3 Å². The Morgan fingerprint density at radius 3 is 2.43 bits per heavy atom. The summed E-state index contributed by atoms with van der Waals surface area (Å²) in [7, 11) is 0. The van der Waals surface area contributed by atoms with E-state index in [9.17, 15) is 13.2 Å². The summed E-state index contributed by atoms with van der Waals surface area (Å²) in [6, 6.07) is 8.91. The van der Waals surface area contributed by atoms with E-state index in [0.29, 0.717) is 18.7 Å². The Kier molecular flexibility index (Phi) is 5.20. The fraction of sp³-hybridized carbons (Fsp3) is 0.357. The lowest BCUT2D eigenvalue weighted by Gasteiger charge is -2.22. The Hall–Kier alpha value is -2.58. The summed E-state index contributed by atoms with van der Waals surface area (Å²) in [6.07, 6.45) is -4.02. The molecule has 1 aromatic carbocycles. The molecule has 0 bridgehead atoms. The molecule has 6 nitrogen and oxygen atoms in total. The van der Waals surface area contributed by atoms with E-state index in [0.717, 1.165) is 0 Å². The van der Waals surface area contributed by atoms with Crippen LogP contribution in [0, 0.1) is 0 Å². The third-order valence-corrected chi connectivity index (χ3v) is 2.80. The number of ether oxygens (including phenoxy) is 1. The van der Waals surface area contributed by atoms with Crippen LogP contribution in [0.4, 0.5) is 25.1 Å². The topological polar surface area (TPSA) is 77.2 Å². The van der Waals surface area contributed by atoms with Crippen LogP contribution in [0.2, 0.25) is 0 Å². The van der Waals surface area contributed by atoms with E-state index in [1.807, 2.05) is 13.0 Å². The Bertz CT molecular complexity index is 636. The molecule has 1 aromatic heterocycles. The number of hydrogen-bond donors (Lipinski definition) is 1. The highest BCUT2D eigenvalue weighted by Gasteiger charge is 2.36. The van der Waals surface area contributed by atoms with Crippen LogP contribution >= 0.6 is 0 Å². The highest BCUT2D eigenvalue weighted by Crippen LogP contribution is 2.27. The molecule has 2 N–H and O–H groups in total. The highest BCUT2D eigenvalue weighted by molar-refractivity contribution is 5.35. The van der Waals surface area contributed by atoms with E-state index < -0.39 is 17.9 Å². The molecule has 0 aliphatic heterocycles. The van der Waals surface area contributed by atoms with Crippen LogP contribution in [0.3, 0.4) is 0 Å². The zero-order valence-corrected chi connectivity index (χ0v) is 12.4. The van der Waals surface area contributed by atoms with Crippen molar-refractivity contribution in [3.8, 4) is 5.75 Å². The first kappa shape index (κ1) is 16.8. The molecule has 0 aliphatic rings. The number of para-hydroxylation sites is 1. The number of nitrogen functional groups attached to an aromatic ring is 1. The number of benzene rings is 1. The molecular weight excluding hydrogens is 311 g/mol. The second kappa shape index (κ2) is 7.12. The van der Waals surface area contributed by atoms with Gasteiger partial charge in [0.05, 0.1) is 0 Å². The molecule has 0 saturated carbocycles. The maximum Gasteiger partial charge on any atom is 0.451 e. The second-order valence-corrected chi connectivity index (χ2v) is 4.66. The molecule has 0 aliphatic carbocycles. The third kappa shape index (κ3) is 4.70. The van der Waals surface area contributed by atoms with Crippen molar-refractivity contribution in [2.75, 3.05) is 23.9 Å². The normalized spacial score (nSPS) is 11.3. The summed E-state index contributed by atoms with van der Waals surface area (Å²) in [5, 5.41) is 0. The van der Waals surface area contributed by atoms with Crippen LogP contribution in [0.1, 0.15) is 19.2 Å². The lowest BCUT2D eigenvalue weighted by molar-refractivity contribution is -0.144. The van der Waals surface area contributed by atoms with Gasteiger partial charge in [0.1, 0.15) is 5.75 Å². The molecule has 23 heavy (non-hydrogen) atoms. The molecule has 9 heteroatoms. The molecule has 0 radical (unpaired) electrons. The minimum absolute atomic E-state index is 0.00139. The van der Waals surface area contributed by atoms with Gasteiger partial charge in [-0.05, 0) is 18.6 Å². The van der Waals surface area contributed by atoms with Crippen LogP contribution in [-0.2, 0) is 6.18 Å². The van der Waals surface area contributed by atoms with E-state index in [2.05, 4.69) is 15.0 Å². The first-order valence-corrected chi connectivity index (χ1v) is 6.91. The molecule has 0 unspecified atom stereocenters. The summed E-state index contributed by atoms with van der Waals surface area (Å²) in [5.41, 5.74) is 5.37. The number of anilines is 2. The average Bonchev–Trinajstić information content (AvgIpc) is 2.51. The average molecular weight is 327 g/mol. The van der Waals surface area contributed by atoms with Crippen molar-refractivity contribution in [1.82, 2.24) is 15.0 Å². The van der Waals surface area contributed by atoms with Gasteiger partial charge < -0.3 is 15.4 Å². The Morgan fingerprint density at radius 1 is 1.13 bits per heavy atom. The Morgan fingerprint density at radius 2 is 1.83 bits per heavy atom. The van der Waals surface area contributed by atoms with Gasteiger partial charge >= 0.3 is 6.18 Å². The molecule has 124 valence electrons. The number of alkyl halides is 3. The Labute approximate surface area is 131 Å². The van der Waals surface area contributed by atoms with Gasteiger partial charge in [-0.2, -0.15) is 28.1 Å². The number of nitrogens with zero attached hydrogens (tertiary/aromatic N) is 4. The van der Waals surface area contributed by atoms with Gasteiger partial charge in [-0.1, -0.05) is 25.1 Å². The fourth-order valence-corrected chi connectivity index (χ4v) is 1.81. The number of halogens is 3. The van der Waals surface area contributed by atoms with Crippen LogP contribution in [0.25, 0.3) is 0 Å². The van der Waals surface area contributed by atoms with Gasteiger partial charge in [0.15, 0.2) is 6.73 Å². The molecule has 1 heterocycles. The second-order valence-electron chi connectivity index (χ2n) is 4.66. The van der Waals surface area contributed by atoms with Crippen molar-refractivity contribution in [3.63, 3.8) is 0 Å². The molecule has 0 spiro atoms. The van der Waals surface area contributed by atoms with Crippen molar-refractivity contribution >= 4 is 11.9 Å². The molecule has 2 rings (SSSR count). The van der Waals surface area contributed by atoms with Gasteiger partial charge in [0.2, 0.25) is 17.7 Å². The monoisotopic (exact) mass is 327 g/mol. The molecule has 0 saturated heterocycles. The minimum Gasteiger partial charge on any atom is -0.473 e. The zero-order valence-electron chi connectivity index (χ0n) is 12.4. The van der Waals surface area contributed by atoms with E-state index in [4.69, 9.17) is 10.5 Å². The van der Waals surface area contributed by atoms with Crippen molar-refractivity contribution in [3.05, 3.63) is 36.2 Å². The van der Waals surface area contributed by atoms with Gasteiger partial charge in [0.25, 0.3) is 0 Å². The number of aromatic nitrogens is 3. The quantitative estimate of drug-likeness (QED) is 0.822. The number of nitrogens with two attached hydrogens (primary N) is 1. The van der Waals surface area contributed by atoms with Crippen molar-refractivity contribution < 1.29 is 17.9 Å². The maximum atomic E-state index is 12.8. The zero-order chi connectivity index (χ0) is 16.9. The summed E-state index contributed by atoms with van der Waals surface area (Å²) in [5.74, 6) is -1.38. The van der Waals surface area contributed by atoms with Crippen LogP contribution in [0.5, 0.6) is 5.75 Å². The molecular formula is C14H16F3N5O. The molecule has 0 fully saturated rings. The first-order chi connectivity index (χ1) is 10.9. The standard InChI is InChI=1S/C14H16F3N5O/c1-2-8-22(9-23-10-6-4-3-5-7-10)13-20-11(14(15,16)17)19-12(18)21-13/h3-7H,2,8-9H2,1H3,(H2,18,19,20,21). The molecule has 0 amide bonds. The van der Waals surface area contributed by atoms with Gasteiger partial charge in [-0.15, -0.1) is 0 Å². The lowest BCUT2D eigenvalue weighted by Crippen LogP contribution is -2.32. The van der Waals surface area contributed by atoms with Crippen LogP contribution < -0.4 is 15.4 Å². The molecule has 0 atom stereocenters. The van der Waals surface area contributed by atoms with Gasteiger partial charge in [-0.25, -0.2) is 0 Å². The summed E-state index contributed by atoms with van der Waals surface area (Å²) < 4.78 is 43.9.